The molecule has 0 aliphatic carbocycles. The Hall–Kier alpha value is -2.37. The van der Waals surface area contributed by atoms with E-state index in [0.29, 0.717) is 10.8 Å². The van der Waals surface area contributed by atoms with Crippen molar-refractivity contribution in [2.24, 2.45) is 5.10 Å². The molecule has 1 aromatic carbocycles. The van der Waals surface area contributed by atoms with Crippen LogP contribution in [-0.2, 0) is 4.79 Å². The van der Waals surface area contributed by atoms with Gasteiger partial charge in [-0.25, -0.2) is 10.1 Å². The number of thiophene rings is 1. The summed E-state index contributed by atoms with van der Waals surface area (Å²) in [6.07, 6.45) is 1.66. The van der Waals surface area contributed by atoms with Crippen LogP contribution in [0.3, 0.4) is 0 Å². The highest BCUT2D eigenvalue weighted by atomic mass is 79.9. The van der Waals surface area contributed by atoms with Crippen molar-refractivity contribution in [3.8, 4) is 0 Å². The quantitative estimate of drug-likeness (QED) is 0.220. The molecule has 26 heavy (non-hydrogen) atoms. The number of hydrogen-bond donors (Lipinski definition) is 3. The molecule has 0 saturated carbocycles. The van der Waals surface area contributed by atoms with E-state index in [0.717, 1.165) is 9.35 Å². The zero-order valence-corrected chi connectivity index (χ0v) is 16.5. The minimum absolute atomic E-state index is 0.148. The number of halogens is 1. The van der Waals surface area contributed by atoms with E-state index in [1.165, 1.54) is 16.4 Å². The summed E-state index contributed by atoms with van der Waals surface area (Å²) in [5.74, 6) is 6.18. The van der Waals surface area contributed by atoms with Gasteiger partial charge in [-0.1, -0.05) is 30.0 Å². The number of hydrogen-bond acceptors (Lipinski definition) is 8. The number of benzene rings is 1. The molecule has 0 fully saturated rings. The predicted octanol–water partition coefficient (Wildman–Crippen LogP) is 2.99. The second kappa shape index (κ2) is 8.83. The zero-order chi connectivity index (χ0) is 18.4. The van der Waals surface area contributed by atoms with Gasteiger partial charge in [-0.3, -0.25) is 4.79 Å². The molecule has 3 rings (SSSR count). The maximum Gasteiger partial charge on any atom is 0.264 e. The molecule has 0 aliphatic rings. The summed E-state index contributed by atoms with van der Waals surface area (Å²) in [6.45, 7) is 0. The van der Waals surface area contributed by atoms with Crippen molar-refractivity contribution in [3.63, 3.8) is 0 Å². The number of aromatic nitrogens is 3. The standard InChI is InChI=1S/C15H14BrN7OS2/c16-11-5-1-2-6-12(11)19-13(24)9-26-15-22-21-14(23(15)17)20-18-8-10-4-3-7-25-10/h1-8H,9,17H2,(H,19,24)(H,20,21)/b18-8+. The normalized spacial score (nSPS) is 11.0. The van der Waals surface area contributed by atoms with E-state index in [9.17, 15) is 4.79 Å². The second-order valence-electron chi connectivity index (χ2n) is 4.88. The van der Waals surface area contributed by atoms with Crippen LogP contribution < -0.4 is 16.6 Å². The summed E-state index contributed by atoms with van der Waals surface area (Å²) in [7, 11) is 0. The Kier molecular flexibility index (Phi) is 6.26. The van der Waals surface area contributed by atoms with Crippen LogP contribution in [0.25, 0.3) is 0 Å². The SMILES string of the molecule is Nn1c(N/N=C/c2cccs2)nnc1SCC(=O)Nc1ccccc1Br. The first-order chi connectivity index (χ1) is 12.6. The predicted molar refractivity (Wildman–Crippen MR) is 109 cm³/mol. The fraction of sp³-hybridized carbons (Fsp3) is 0.0667. The van der Waals surface area contributed by atoms with E-state index in [1.807, 2.05) is 41.8 Å². The van der Waals surface area contributed by atoms with E-state index in [-0.39, 0.29) is 17.6 Å². The summed E-state index contributed by atoms with van der Waals surface area (Å²) < 4.78 is 2.07. The molecule has 1 amide bonds. The maximum atomic E-state index is 12.1. The van der Waals surface area contributed by atoms with E-state index in [1.54, 1.807) is 17.6 Å². The number of nitrogen functional groups attached to an aromatic ring is 1. The molecule has 8 nitrogen and oxygen atoms in total. The molecule has 3 aromatic rings. The van der Waals surface area contributed by atoms with Crippen LogP contribution in [0.1, 0.15) is 4.88 Å². The molecular formula is C15H14BrN7OS2. The lowest BCUT2D eigenvalue weighted by Gasteiger charge is -2.06. The van der Waals surface area contributed by atoms with Crippen LogP contribution >= 0.6 is 39.0 Å². The van der Waals surface area contributed by atoms with Crippen LogP contribution in [0.15, 0.2) is 56.5 Å². The largest absolute Gasteiger partial charge is 0.334 e. The number of nitrogens with one attached hydrogen (secondary N) is 2. The molecule has 2 aromatic heterocycles. The summed E-state index contributed by atoms with van der Waals surface area (Å²) >= 11 is 6.13. The Labute approximate surface area is 166 Å². The number of amides is 1. The number of nitrogens with zero attached hydrogens (tertiary/aromatic N) is 4. The van der Waals surface area contributed by atoms with E-state index in [2.05, 4.69) is 42.0 Å². The van der Waals surface area contributed by atoms with E-state index < -0.39 is 0 Å². The lowest BCUT2D eigenvalue weighted by Crippen LogP contribution is -2.17. The molecule has 11 heteroatoms. The highest BCUT2D eigenvalue weighted by molar-refractivity contribution is 9.10. The van der Waals surface area contributed by atoms with Gasteiger partial charge in [0.1, 0.15) is 0 Å². The molecular weight excluding hydrogens is 438 g/mol. The molecule has 134 valence electrons. The average Bonchev–Trinajstić information content (AvgIpc) is 3.26. The molecule has 0 radical (unpaired) electrons. The fourth-order valence-corrected chi connectivity index (χ4v) is 3.47. The minimum atomic E-state index is -0.171. The third kappa shape index (κ3) is 4.84. The van der Waals surface area contributed by atoms with Crippen molar-refractivity contribution in [2.45, 2.75) is 5.16 Å². The van der Waals surface area contributed by atoms with Gasteiger partial charge < -0.3 is 11.2 Å². The Morgan fingerprint density at radius 3 is 2.96 bits per heavy atom. The van der Waals surface area contributed by atoms with Crippen molar-refractivity contribution >= 4 is 62.8 Å². The number of thioether (sulfide) groups is 1. The number of carbonyl (C=O) groups is 1. The Morgan fingerprint density at radius 1 is 1.35 bits per heavy atom. The molecule has 0 saturated heterocycles. The second-order valence-corrected chi connectivity index (χ2v) is 7.65. The fourth-order valence-electron chi connectivity index (χ4n) is 1.85. The third-order valence-corrected chi connectivity index (χ3v) is 5.49. The van der Waals surface area contributed by atoms with Crippen LogP contribution in [-0.4, -0.2) is 32.7 Å². The van der Waals surface area contributed by atoms with Crippen LogP contribution in [0.2, 0.25) is 0 Å². The van der Waals surface area contributed by atoms with Gasteiger partial charge >= 0.3 is 0 Å². The molecule has 0 unspecified atom stereocenters. The van der Waals surface area contributed by atoms with Crippen molar-refractivity contribution in [2.75, 3.05) is 22.3 Å². The van der Waals surface area contributed by atoms with Gasteiger partial charge in [-0.2, -0.15) is 5.10 Å². The number of nitrogens with two attached hydrogens (primary N) is 1. The monoisotopic (exact) mass is 451 g/mol. The third-order valence-electron chi connectivity index (χ3n) is 3.04. The number of para-hydroxylation sites is 1. The van der Waals surface area contributed by atoms with Gasteiger partial charge in [0, 0.05) is 9.35 Å². The lowest BCUT2D eigenvalue weighted by molar-refractivity contribution is -0.113. The van der Waals surface area contributed by atoms with Crippen LogP contribution in [0, 0.1) is 0 Å². The van der Waals surface area contributed by atoms with Gasteiger partial charge in [0.2, 0.25) is 11.1 Å². The Bertz CT molecular complexity index is 911. The number of rotatable bonds is 7. The maximum absolute atomic E-state index is 12.1. The molecule has 0 bridgehead atoms. The van der Waals surface area contributed by atoms with Crippen molar-refractivity contribution in [1.82, 2.24) is 14.9 Å². The first-order valence-corrected chi connectivity index (χ1v) is 9.99. The smallest absolute Gasteiger partial charge is 0.264 e. The van der Waals surface area contributed by atoms with Gasteiger partial charge in [0.25, 0.3) is 5.95 Å². The van der Waals surface area contributed by atoms with Crippen LogP contribution in [0.5, 0.6) is 0 Å². The molecule has 4 N–H and O–H groups in total. The molecule has 2 heterocycles. The number of carbonyl (C=O) groups excluding carboxylic acids is 1. The molecule has 0 spiro atoms. The first-order valence-electron chi connectivity index (χ1n) is 7.34. The van der Waals surface area contributed by atoms with Crippen molar-refractivity contribution in [3.05, 3.63) is 51.1 Å². The summed E-state index contributed by atoms with van der Waals surface area (Å²) in [6, 6.07) is 11.3. The van der Waals surface area contributed by atoms with E-state index in [4.69, 9.17) is 5.84 Å². The first kappa shape index (κ1) is 18.4. The lowest BCUT2D eigenvalue weighted by atomic mass is 10.3. The zero-order valence-electron chi connectivity index (χ0n) is 13.3. The van der Waals surface area contributed by atoms with Gasteiger partial charge in [-0.05, 0) is 39.5 Å². The Morgan fingerprint density at radius 2 is 2.19 bits per heavy atom. The highest BCUT2D eigenvalue weighted by Crippen LogP contribution is 2.22. The average molecular weight is 452 g/mol. The summed E-state index contributed by atoms with van der Waals surface area (Å²) in [5, 5.41) is 17.1. The Balaban J connectivity index is 1.53. The number of hydrazone groups is 1. The summed E-state index contributed by atoms with van der Waals surface area (Å²) in [5.41, 5.74) is 3.43. The van der Waals surface area contributed by atoms with Gasteiger partial charge in [-0.15, -0.1) is 21.5 Å². The van der Waals surface area contributed by atoms with Gasteiger partial charge in [0.15, 0.2) is 0 Å². The van der Waals surface area contributed by atoms with Crippen molar-refractivity contribution < 1.29 is 4.79 Å². The highest BCUT2D eigenvalue weighted by Gasteiger charge is 2.12. The van der Waals surface area contributed by atoms with Crippen LogP contribution in [0.4, 0.5) is 11.6 Å². The van der Waals surface area contributed by atoms with Crippen molar-refractivity contribution in [1.29, 1.82) is 0 Å². The summed E-state index contributed by atoms with van der Waals surface area (Å²) in [4.78, 5) is 13.1. The van der Waals surface area contributed by atoms with E-state index >= 15 is 0 Å². The minimum Gasteiger partial charge on any atom is -0.334 e. The topological polar surface area (TPSA) is 110 Å². The molecule has 0 atom stereocenters. The number of anilines is 2. The van der Waals surface area contributed by atoms with Gasteiger partial charge in [0.05, 0.1) is 17.7 Å². The molecule has 0 aliphatic heterocycles.